The van der Waals surface area contributed by atoms with Gasteiger partial charge in [0, 0.05) is 6.04 Å². The summed E-state index contributed by atoms with van der Waals surface area (Å²) < 4.78 is 0. The molecule has 1 saturated heterocycles. The average molecular weight is 142 g/mol. The molecule has 1 aliphatic heterocycles. The Morgan fingerprint density at radius 3 is 3.00 bits per heavy atom. The van der Waals surface area contributed by atoms with Crippen LogP contribution in [-0.2, 0) is 0 Å². The summed E-state index contributed by atoms with van der Waals surface area (Å²) in [6, 6.07) is 0.380. The molecule has 60 valence electrons. The third-order valence-corrected chi connectivity index (χ3v) is 2.10. The van der Waals surface area contributed by atoms with Crippen LogP contribution in [0.5, 0.6) is 0 Å². The lowest BCUT2D eigenvalue weighted by atomic mass is 9.93. The van der Waals surface area contributed by atoms with E-state index in [1.165, 1.54) is 32.4 Å². The lowest BCUT2D eigenvalue weighted by Crippen LogP contribution is -2.33. The highest BCUT2D eigenvalue weighted by Crippen LogP contribution is 2.14. The molecule has 10 heavy (non-hydrogen) atoms. The van der Waals surface area contributed by atoms with Crippen molar-refractivity contribution in [3.05, 3.63) is 0 Å². The van der Waals surface area contributed by atoms with Crippen molar-refractivity contribution < 1.29 is 0 Å². The smallest absolute Gasteiger partial charge is 0.00135 e. The molecule has 0 spiro atoms. The van der Waals surface area contributed by atoms with Crippen LogP contribution < -0.4 is 11.1 Å². The highest BCUT2D eigenvalue weighted by atomic mass is 14.9. The van der Waals surface area contributed by atoms with E-state index in [-0.39, 0.29) is 0 Å². The Kier molecular flexibility index (Phi) is 3.16. The second kappa shape index (κ2) is 3.94. The molecular weight excluding hydrogens is 124 g/mol. The Labute approximate surface area is 63.2 Å². The third-order valence-electron chi connectivity index (χ3n) is 2.10. The maximum absolute atomic E-state index is 5.70. The van der Waals surface area contributed by atoms with Crippen molar-refractivity contribution in [2.24, 2.45) is 11.7 Å². The van der Waals surface area contributed by atoms with Gasteiger partial charge in [-0.05, 0) is 45.2 Å². The second-order valence-electron chi connectivity index (χ2n) is 3.43. The summed E-state index contributed by atoms with van der Waals surface area (Å²) in [7, 11) is 0. The van der Waals surface area contributed by atoms with E-state index >= 15 is 0 Å². The van der Waals surface area contributed by atoms with Gasteiger partial charge < -0.3 is 11.1 Å². The summed E-state index contributed by atoms with van der Waals surface area (Å²) in [4.78, 5) is 0. The largest absolute Gasteiger partial charge is 0.328 e. The predicted molar refractivity (Wildman–Crippen MR) is 43.9 cm³/mol. The Morgan fingerprint density at radius 1 is 1.70 bits per heavy atom. The summed E-state index contributed by atoms with van der Waals surface area (Å²) in [6.45, 7) is 4.48. The van der Waals surface area contributed by atoms with Gasteiger partial charge in [0.1, 0.15) is 0 Å². The van der Waals surface area contributed by atoms with Crippen molar-refractivity contribution in [2.75, 3.05) is 13.1 Å². The van der Waals surface area contributed by atoms with E-state index in [2.05, 4.69) is 12.2 Å². The fourth-order valence-corrected chi connectivity index (χ4v) is 1.65. The van der Waals surface area contributed by atoms with Crippen molar-refractivity contribution >= 4 is 0 Å². The van der Waals surface area contributed by atoms with Gasteiger partial charge in [-0.15, -0.1) is 0 Å². The van der Waals surface area contributed by atoms with Crippen LogP contribution >= 0.6 is 0 Å². The quantitative estimate of drug-likeness (QED) is 0.596. The zero-order valence-corrected chi connectivity index (χ0v) is 6.77. The first-order valence-electron chi connectivity index (χ1n) is 4.25. The van der Waals surface area contributed by atoms with Gasteiger partial charge in [-0.25, -0.2) is 0 Å². The van der Waals surface area contributed by atoms with Crippen LogP contribution in [0.15, 0.2) is 0 Å². The van der Waals surface area contributed by atoms with E-state index in [4.69, 9.17) is 5.73 Å². The lowest BCUT2D eigenvalue weighted by Gasteiger charge is -2.23. The molecule has 1 aliphatic rings. The zero-order chi connectivity index (χ0) is 7.40. The molecule has 0 amide bonds. The Bertz CT molecular complexity index is 85.3. The molecular formula is C8H18N2. The van der Waals surface area contributed by atoms with Crippen LogP contribution in [0.3, 0.4) is 0 Å². The van der Waals surface area contributed by atoms with Crippen LogP contribution in [0.1, 0.15) is 26.2 Å². The average Bonchev–Trinajstić information content (AvgIpc) is 1.88. The van der Waals surface area contributed by atoms with Gasteiger partial charge in [-0.3, -0.25) is 0 Å². The molecule has 0 bridgehead atoms. The van der Waals surface area contributed by atoms with Gasteiger partial charge in [-0.1, -0.05) is 0 Å². The molecule has 2 unspecified atom stereocenters. The number of nitrogens with two attached hydrogens (primary N) is 1. The van der Waals surface area contributed by atoms with Crippen LogP contribution in [-0.4, -0.2) is 19.1 Å². The first-order valence-corrected chi connectivity index (χ1v) is 4.25. The lowest BCUT2D eigenvalue weighted by molar-refractivity contribution is 0.340. The Morgan fingerprint density at radius 2 is 2.50 bits per heavy atom. The van der Waals surface area contributed by atoms with Gasteiger partial charge in [0.05, 0.1) is 0 Å². The molecule has 0 radical (unpaired) electrons. The minimum Gasteiger partial charge on any atom is -0.328 e. The predicted octanol–water partition coefficient (Wildman–Crippen LogP) is 0.723. The standard InChI is InChI=1S/C8H18N2/c1-7(9)5-8-3-2-4-10-6-8/h7-8,10H,2-6,9H2,1H3. The molecule has 0 aromatic carbocycles. The van der Waals surface area contributed by atoms with E-state index in [9.17, 15) is 0 Å². The van der Waals surface area contributed by atoms with Gasteiger partial charge in [0.25, 0.3) is 0 Å². The highest BCUT2D eigenvalue weighted by molar-refractivity contribution is 4.71. The molecule has 1 rings (SSSR count). The van der Waals surface area contributed by atoms with Crippen molar-refractivity contribution in [3.8, 4) is 0 Å². The minimum absolute atomic E-state index is 0.380. The van der Waals surface area contributed by atoms with E-state index in [0.29, 0.717) is 6.04 Å². The molecule has 1 heterocycles. The fraction of sp³-hybridized carbons (Fsp3) is 1.00. The van der Waals surface area contributed by atoms with E-state index < -0.39 is 0 Å². The molecule has 1 fully saturated rings. The Balaban J connectivity index is 2.13. The minimum atomic E-state index is 0.380. The topological polar surface area (TPSA) is 38.0 Å². The van der Waals surface area contributed by atoms with Crippen molar-refractivity contribution in [1.29, 1.82) is 0 Å². The maximum Gasteiger partial charge on any atom is 0.00135 e. The summed E-state index contributed by atoms with van der Waals surface area (Å²) in [5.74, 6) is 0.841. The Hall–Kier alpha value is -0.0800. The van der Waals surface area contributed by atoms with Crippen molar-refractivity contribution in [3.63, 3.8) is 0 Å². The second-order valence-corrected chi connectivity index (χ2v) is 3.43. The van der Waals surface area contributed by atoms with Gasteiger partial charge in [0.15, 0.2) is 0 Å². The first kappa shape index (κ1) is 8.02. The molecule has 3 N–H and O–H groups in total. The molecule has 2 atom stereocenters. The number of nitrogens with one attached hydrogen (secondary N) is 1. The number of rotatable bonds is 2. The van der Waals surface area contributed by atoms with E-state index in [0.717, 1.165) is 5.92 Å². The van der Waals surface area contributed by atoms with Crippen molar-refractivity contribution in [2.45, 2.75) is 32.2 Å². The zero-order valence-electron chi connectivity index (χ0n) is 6.77. The number of piperidine rings is 1. The normalized spacial score (nSPS) is 30.0. The van der Waals surface area contributed by atoms with Gasteiger partial charge in [-0.2, -0.15) is 0 Å². The summed E-state index contributed by atoms with van der Waals surface area (Å²) in [5.41, 5.74) is 5.70. The van der Waals surface area contributed by atoms with Gasteiger partial charge >= 0.3 is 0 Å². The molecule has 0 aliphatic carbocycles. The van der Waals surface area contributed by atoms with Crippen LogP contribution in [0.2, 0.25) is 0 Å². The molecule has 0 saturated carbocycles. The molecule has 2 nitrogen and oxygen atoms in total. The molecule has 2 heteroatoms. The summed E-state index contributed by atoms with van der Waals surface area (Å²) in [6.07, 6.45) is 3.89. The van der Waals surface area contributed by atoms with E-state index in [1.807, 2.05) is 0 Å². The van der Waals surface area contributed by atoms with Crippen LogP contribution in [0.25, 0.3) is 0 Å². The third kappa shape index (κ3) is 2.67. The van der Waals surface area contributed by atoms with Crippen LogP contribution in [0.4, 0.5) is 0 Å². The SMILES string of the molecule is CC(N)CC1CCCNC1. The first-order chi connectivity index (χ1) is 4.79. The summed E-state index contributed by atoms with van der Waals surface area (Å²) in [5, 5.41) is 3.38. The van der Waals surface area contributed by atoms with E-state index in [1.54, 1.807) is 0 Å². The number of hydrogen-bond donors (Lipinski definition) is 2. The molecule has 0 aromatic heterocycles. The van der Waals surface area contributed by atoms with Gasteiger partial charge in [0.2, 0.25) is 0 Å². The monoisotopic (exact) mass is 142 g/mol. The molecule has 0 aromatic rings. The highest BCUT2D eigenvalue weighted by Gasteiger charge is 2.13. The fourth-order valence-electron chi connectivity index (χ4n) is 1.65. The number of hydrogen-bond acceptors (Lipinski definition) is 2. The maximum atomic E-state index is 5.70. The van der Waals surface area contributed by atoms with Crippen molar-refractivity contribution in [1.82, 2.24) is 5.32 Å². The van der Waals surface area contributed by atoms with Crippen LogP contribution in [0, 0.1) is 5.92 Å². The summed E-state index contributed by atoms with van der Waals surface area (Å²) >= 11 is 0.